The van der Waals surface area contributed by atoms with Crippen LogP contribution in [0.1, 0.15) is 20.3 Å². The summed E-state index contributed by atoms with van der Waals surface area (Å²) in [6.45, 7) is 5.19. The summed E-state index contributed by atoms with van der Waals surface area (Å²) in [5.74, 6) is 0.739. The van der Waals surface area contributed by atoms with E-state index in [-0.39, 0.29) is 47.4 Å². The van der Waals surface area contributed by atoms with Gasteiger partial charge in [-0.05, 0) is 43.1 Å². The molecule has 1 aliphatic rings. The summed E-state index contributed by atoms with van der Waals surface area (Å²) in [7, 11) is -6.68. The molecule has 1 fully saturated rings. The molecule has 2 atom stereocenters. The van der Waals surface area contributed by atoms with Gasteiger partial charge in [-0.1, -0.05) is 13.8 Å². The minimum atomic E-state index is -3.60. The van der Waals surface area contributed by atoms with E-state index in [9.17, 15) is 16.8 Å². The first-order chi connectivity index (χ1) is 11.7. The first-order valence-corrected chi connectivity index (χ1v) is 11.7. The number of piperidine rings is 1. The average molecular weight is 427 g/mol. The first kappa shape index (κ1) is 23.2. The van der Waals surface area contributed by atoms with E-state index < -0.39 is 19.9 Å². The minimum Gasteiger partial charge on any atom is -0.493 e. The van der Waals surface area contributed by atoms with Crippen molar-refractivity contribution in [2.45, 2.75) is 31.2 Å². The van der Waals surface area contributed by atoms with Crippen molar-refractivity contribution < 1.29 is 21.6 Å². The van der Waals surface area contributed by atoms with Gasteiger partial charge < -0.3 is 10.1 Å². The van der Waals surface area contributed by atoms with Gasteiger partial charge in [-0.2, -0.15) is 0 Å². The van der Waals surface area contributed by atoms with E-state index in [0.29, 0.717) is 12.3 Å². The molecule has 1 aromatic carbocycles. The number of sulfone groups is 1. The summed E-state index contributed by atoms with van der Waals surface area (Å²) in [6, 6.07) is 5.87. The van der Waals surface area contributed by atoms with Gasteiger partial charge in [-0.3, -0.25) is 0 Å². The number of benzene rings is 1. The second-order valence-corrected chi connectivity index (χ2v) is 10.4. The summed E-state index contributed by atoms with van der Waals surface area (Å²) in [5.41, 5.74) is 0. The fourth-order valence-electron chi connectivity index (χ4n) is 2.56. The van der Waals surface area contributed by atoms with Crippen LogP contribution < -0.4 is 14.8 Å². The Labute approximate surface area is 162 Å². The third-order valence-corrected chi connectivity index (χ3v) is 7.55. The Hall–Kier alpha value is -0.870. The Morgan fingerprint density at radius 1 is 1.19 bits per heavy atom. The monoisotopic (exact) mass is 426 g/mol. The zero-order chi connectivity index (χ0) is 18.5. The summed E-state index contributed by atoms with van der Waals surface area (Å²) in [6.07, 6.45) is 0.931. The standard InChI is InChI=1S/C16H26N2O5S2.ClH/c1-3-24(19,20)11-10-23-14-4-6-15(7-5-14)25(21,22)18-16-12-17-9-8-13(16)2;/h4-7,13,16-18H,3,8-12H2,1-2H3;1H. The van der Waals surface area contributed by atoms with Crippen LogP contribution in [-0.2, 0) is 19.9 Å². The molecule has 2 N–H and O–H groups in total. The van der Waals surface area contributed by atoms with Crippen LogP contribution in [0, 0.1) is 5.92 Å². The number of sulfonamides is 1. The van der Waals surface area contributed by atoms with Crippen LogP contribution in [0.2, 0.25) is 0 Å². The van der Waals surface area contributed by atoms with Gasteiger partial charge in [0.2, 0.25) is 10.0 Å². The van der Waals surface area contributed by atoms with Gasteiger partial charge in [0.25, 0.3) is 0 Å². The SMILES string of the molecule is CCS(=O)(=O)CCOc1ccc(S(=O)(=O)NC2CNCCC2C)cc1.Cl. The molecule has 2 unspecified atom stereocenters. The summed E-state index contributed by atoms with van der Waals surface area (Å²) >= 11 is 0. The van der Waals surface area contributed by atoms with Crippen molar-refractivity contribution in [3.8, 4) is 5.75 Å². The second-order valence-electron chi connectivity index (χ2n) is 6.25. The number of rotatable bonds is 8. The van der Waals surface area contributed by atoms with E-state index in [4.69, 9.17) is 4.74 Å². The fraction of sp³-hybridized carbons (Fsp3) is 0.625. The minimum absolute atomic E-state index is 0. The van der Waals surface area contributed by atoms with Crippen molar-refractivity contribution >= 4 is 32.3 Å². The van der Waals surface area contributed by atoms with Crippen LogP contribution in [0.3, 0.4) is 0 Å². The molecule has 1 heterocycles. The van der Waals surface area contributed by atoms with Crippen molar-refractivity contribution in [3.05, 3.63) is 24.3 Å². The highest BCUT2D eigenvalue weighted by Crippen LogP contribution is 2.18. The van der Waals surface area contributed by atoms with Crippen LogP contribution in [0.25, 0.3) is 0 Å². The number of nitrogens with one attached hydrogen (secondary N) is 2. The molecule has 1 aliphatic heterocycles. The molecule has 1 aromatic rings. The van der Waals surface area contributed by atoms with Crippen molar-refractivity contribution in [2.24, 2.45) is 5.92 Å². The molecule has 150 valence electrons. The molecular weight excluding hydrogens is 400 g/mol. The lowest BCUT2D eigenvalue weighted by molar-refractivity contribution is 0.327. The molecule has 0 aromatic heterocycles. The van der Waals surface area contributed by atoms with Crippen LogP contribution >= 0.6 is 12.4 Å². The number of hydrogen-bond acceptors (Lipinski definition) is 6. The third kappa shape index (κ3) is 6.70. The van der Waals surface area contributed by atoms with Crippen LogP contribution in [0.15, 0.2) is 29.2 Å². The first-order valence-electron chi connectivity index (χ1n) is 8.40. The van der Waals surface area contributed by atoms with Gasteiger partial charge in [-0.25, -0.2) is 21.6 Å². The lowest BCUT2D eigenvalue weighted by atomic mass is 9.96. The number of halogens is 1. The molecule has 0 bridgehead atoms. The van der Waals surface area contributed by atoms with Gasteiger partial charge in [0.15, 0.2) is 9.84 Å². The highest BCUT2D eigenvalue weighted by Gasteiger charge is 2.26. The quantitative estimate of drug-likeness (QED) is 0.647. The zero-order valence-electron chi connectivity index (χ0n) is 15.0. The molecular formula is C16H27ClN2O5S2. The van der Waals surface area contributed by atoms with Gasteiger partial charge in [-0.15, -0.1) is 12.4 Å². The largest absolute Gasteiger partial charge is 0.493 e. The maximum Gasteiger partial charge on any atom is 0.240 e. The average Bonchev–Trinajstić information content (AvgIpc) is 2.57. The van der Waals surface area contributed by atoms with E-state index >= 15 is 0 Å². The molecule has 10 heteroatoms. The van der Waals surface area contributed by atoms with E-state index in [2.05, 4.69) is 10.0 Å². The third-order valence-electron chi connectivity index (χ3n) is 4.37. The van der Waals surface area contributed by atoms with Gasteiger partial charge in [0.05, 0.1) is 10.6 Å². The summed E-state index contributed by atoms with van der Waals surface area (Å²) in [4.78, 5) is 0.166. The van der Waals surface area contributed by atoms with Crippen LogP contribution in [-0.4, -0.2) is 54.1 Å². The van der Waals surface area contributed by atoms with Gasteiger partial charge >= 0.3 is 0 Å². The predicted octanol–water partition coefficient (Wildman–Crippen LogP) is 1.20. The van der Waals surface area contributed by atoms with Crippen LogP contribution in [0.5, 0.6) is 5.75 Å². The van der Waals surface area contributed by atoms with E-state index in [1.54, 1.807) is 6.92 Å². The normalized spacial score (nSPS) is 21.0. The molecule has 0 radical (unpaired) electrons. The smallest absolute Gasteiger partial charge is 0.240 e. The van der Waals surface area contributed by atoms with Crippen LogP contribution in [0.4, 0.5) is 0 Å². The maximum atomic E-state index is 12.5. The topological polar surface area (TPSA) is 102 Å². The van der Waals surface area contributed by atoms with E-state index in [1.165, 1.54) is 24.3 Å². The number of hydrogen-bond donors (Lipinski definition) is 2. The van der Waals surface area contributed by atoms with Gasteiger partial charge in [0.1, 0.15) is 12.4 Å². The Bertz CT molecular complexity index is 766. The molecule has 0 amide bonds. The Balaban J connectivity index is 0.00000338. The van der Waals surface area contributed by atoms with Crippen molar-refractivity contribution in [1.82, 2.24) is 10.0 Å². The van der Waals surface area contributed by atoms with E-state index in [0.717, 1.165) is 13.0 Å². The lowest BCUT2D eigenvalue weighted by Gasteiger charge is -2.29. The highest BCUT2D eigenvalue weighted by atomic mass is 35.5. The molecule has 0 spiro atoms. The van der Waals surface area contributed by atoms with Crippen molar-refractivity contribution in [1.29, 1.82) is 0 Å². The summed E-state index contributed by atoms with van der Waals surface area (Å²) in [5, 5.41) is 3.19. The Morgan fingerprint density at radius 3 is 2.42 bits per heavy atom. The Morgan fingerprint density at radius 2 is 1.85 bits per heavy atom. The lowest BCUT2D eigenvalue weighted by Crippen LogP contribution is -2.50. The van der Waals surface area contributed by atoms with Gasteiger partial charge in [0, 0.05) is 18.3 Å². The molecule has 7 nitrogen and oxygen atoms in total. The number of ether oxygens (including phenoxy) is 1. The molecule has 0 aliphatic carbocycles. The molecule has 2 rings (SSSR count). The van der Waals surface area contributed by atoms with Crippen molar-refractivity contribution in [3.63, 3.8) is 0 Å². The molecule has 0 saturated carbocycles. The van der Waals surface area contributed by atoms with Crippen molar-refractivity contribution in [2.75, 3.05) is 31.2 Å². The molecule has 26 heavy (non-hydrogen) atoms. The molecule has 1 saturated heterocycles. The highest BCUT2D eigenvalue weighted by molar-refractivity contribution is 7.91. The fourth-order valence-corrected chi connectivity index (χ4v) is 4.53. The Kier molecular flexibility index (Phi) is 8.81. The second kappa shape index (κ2) is 9.89. The zero-order valence-corrected chi connectivity index (χ0v) is 17.4. The summed E-state index contributed by atoms with van der Waals surface area (Å²) < 4.78 is 55.9. The van der Waals surface area contributed by atoms with E-state index in [1.807, 2.05) is 6.92 Å². The maximum absolute atomic E-state index is 12.5. The predicted molar refractivity (Wildman–Crippen MR) is 104 cm³/mol.